The van der Waals surface area contributed by atoms with Crippen LogP contribution in [0.15, 0.2) is 33.9 Å². The summed E-state index contributed by atoms with van der Waals surface area (Å²) in [5.41, 5.74) is 0.763. The third-order valence-electron chi connectivity index (χ3n) is 1.81. The Hall–Kier alpha value is -1.05. The van der Waals surface area contributed by atoms with Gasteiger partial charge in [-0.05, 0) is 28.1 Å². The molecule has 0 aliphatic carbocycles. The smallest absolute Gasteiger partial charge is 0.240 e. The van der Waals surface area contributed by atoms with Crippen LogP contribution >= 0.6 is 15.9 Å². The topological polar surface area (TPSA) is 85.9 Å². The number of nitrogens with two attached hydrogens (primary N) is 1. The lowest BCUT2D eigenvalue weighted by molar-refractivity contribution is 0.598. The molecule has 5 nitrogen and oxygen atoms in total. The van der Waals surface area contributed by atoms with E-state index in [9.17, 15) is 8.42 Å². The van der Waals surface area contributed by atoms with Gasteiger partial charge in [-0.15, -0.1) is 0 Å². The molecule has 7 heteroatoms. The van der Waals surface area contributed by atoms with Gasteiger partial charge in [-0.3, -0.25) is 9.97 Å². The Labute approximate surface area is 94.5 Å². The Morgan fingerprint density at radius 3 is 2.73 bits per heavy atom. The van der Waals surface area contributed by atoms with Gasteiger partial charge in [0.1, 0.15) is 10.4 Å². The monoisotopic (exact) mass is 287 g/mol. The first-order valence-corrected chi connectivity index (χ1v) is 6.25. The molecule has 0 amide bonds. The predicted octanol–water partition coefficient (Wildman–Crippen LogP) is 1.04. The van der Waals surface area contributed by atoms with Crippen LogP contribution in [0.5, 0.6) is 0 Å². The third-order valence-corrected chi connectivity index (χ3v) is 3.19. The van der Waals surface area contributed by atoms with Gasteiger partial charge in [-0.25, -0.2) is 13.6 Å². The zero-order valence-corrected chi connectivity index (χ0v) is 9.79. The molecule has 0 aliphatic rings. The van der Waals surface area contributed by atoms with Crippen LogP contribution in [0.3, 0.4) is 0 Å². The largest absolute Gasteiger partial charge is 0.254 e. The molecule has 0 atom stereocenters. The average Bonchev–Trinajstić information content (AvgIpc) is 2.15. The Morgan fingerprint density at radius 2 is 2.07 bits per heavy atom. The Kier molecular flexibility index (Phi) is 2.45. The van der Waals surface area contributed by atoms with E-state index in [2.05, 4.69) is 25.9 Å². The van der Waals surface area contributed by atoms with Gasteiger partial charge in [0, 0.05) is 16.9 Å². The number of fused-ring (bicyclic) bond motifs is 1. The molecule has 0 aliphatic heterocycles. The van der Waals surface area contributed by atoms with Crippen molar-refractivity contribution >= 4 is 37.0 Å². The summed E-state index contributed by atoms with van der Waals surface area (Å²) in [7, 11) is -3.76. The van der Waals surface area contributed by atoms with Gasteiger partial charge < -0.3 is 0 Å². The summed E-state index contributed by atoms with van der Waals surface area (Å²) in [6.07, 6.45) is 2.88. The maximum absolute atomic E-state index is 11.2. The van der Waals surface area contributed by atoms with Gasteiger partial charge in [-0.2, -0.15) is 0 Å². The fourth-order valence-corrected chi connectivity index (χ4v) is 2.21. The van der Waals surface area contributed by atoms with Gasteiger partial charge in [-0.1, -0.05) is 0 Å². The van der Waals surface area contributed by atoms with Crippen molar-refractivity contribution in [2.24, 2.45) is 5.14 Å². The quantitative estimate of drug-likeness (QED) is 0.849. The molecule has 15 heavy (non-hydrogen) atoms. The Bertz CT molecular complexity index is 627. The van der Waals surface area contributed by atoms with E-state index in [1.54, 1.807) is 6.07 Å². The molecule has 0 unspecified atom stereocenters. The number of rotatable bonds is 1. The van der Waals surface area contributed by atoms with Crippen LogP contribution in [0.2, 0.25) is 0 Å². The number of hydrogen-bond acceptors (Lipinski definition) is 4. The zero-order valence-electron chi connectivity index (χ0n) is 7.38. The van der Waals surface area contributed by atoms with Crippen LogP contribution in [-0.4, -0.2) is 18.4 Å². The predicted molar refractivity (Wildman–Crippen MR) is 58.6 cm³/mol. The normalized spacial score (nSPS) is 11.9. The SMILES string of the molecule is NS(=O)(=O)c1ccnc2cc(Br)cnc12. The molecule has 78 valence electrons. The van der Waals surface area contributed by atoms with Crippen LogP contribution in [0.1, 0.15) is 0 Å². The fourth-order valence-electron chi connectivity index (χ4n) is 1.21. The summed E-state index contributed by atoms with van der Waals surface area (Å²) < 4.78 is 23.2. The molecule has 0 bridgehead atoms. The van der Waals surface area contributed by atoms with Crippen LogP contribution in [0.4, 0.5) is 0 Å². The van der Waals surface area contributed by atoms with Crippen molar-refractivity contribution in [2.75, 3.05) is 0 Å². The maximum atomic E-state index is 11.2. The van der Waals surface area contributed by atoms with E-state index in [4.69, 9.17) is 5.14 Å². The van der Waals surface area contributed by atoms with Gasteiger partial charge in [0.15, 0.2) is 0 Å². The Morgan fingerprint density at radius 1 is 1.33 bits per heavy atom. The second-order valence-electron chi connectivity index (χ2n) is 2.88. The summed E-state index contributed by atoms with van der Waals surface area (Å²) in [6, 6.07) is 3.01. The number of halogens is 1. The molecular formula is C8H6BrN3O2S. The van der Waals surface area contributed by atoms with E-state index in [-0.39, 0.29) is 10.4 Å². The van der Waals surface area contributed by atoms with Crippen LogP contribution in [0.25, 0.3) is 11.0 Å². The highest BCUT2D eigenvalue weighted by atomic mass is 79.9. The number of hydrogen-bond donors (Lipinski definition) is 1. The van der Waals surface area contributed by atoms with Gasteiger partial charge in [0.05, 0.1) is 5.52 Å². The van der Waals surface area contributed by atoms with E-state index in [0.29, 0.717) is 5.52 Å². The number of primary sulfonamides is 1. The van der Waals surface area contributed by atoms with Crippen LogP contribution < -0.4 is 5.14 Å². The molecule has 0 fully saturated rings. The third kappa shape index (κ3) is 1.99. The van der Waals surface area contributed by atoms with Crippen LogP contribution in [-0.2, 0) is 10.0 Å². The molecule has 0 spiro atoms. The lowest BCUT2D eigenvalue weighted by Gasteiger charge is -2.02. The lowest BCUT2D eigenvalue weighted by Crippen LogP contribution is -2.13. The maximum Gasteiger partial charge on any atom is 0.240 e. The summed E-state index contributed by atoms with van der Waals surface area (Å²) in [5, 5.41) is 5.05. The summed E-state index contributed by atoms with van der Waals surface area (Å²) in [4.78, 5) is 7.97. The molecular weight excluding hydrogens is 282 g/mol. The van der Waals surface area contributed by atoms with Gasteiger partial charge >= 0.3 is 0 Å². The van der Waals surface area contributed by atoms with E-state index in [0.717, 1.165) is 4.47 Å². The van der Waals surface area contributed by atoms with E-state index in [1.807, 2.05) is 0 Å². The summed E-state index contributed by atoms with van der Waals surface area (Å²) in [5.74, 6) is 0. The number of nitrogens with zero attached hydrogens (tertiary/aromatic N) is 2. The molecule has 2 aromatic heterocycles. The molecule has 0 saturated carbocycles. The number of pyridine rings is 2. The first-order chi connectivity index (χ1) is 6.98. The standard InChI is InChI=1S/C8H6BrN3O2S/c9-5-3-6-8(12-4-5)7(1-2-11-6)15(10,13)14/h1-4H,(H2,10,13,14). The average molecular weight is 288 g/mol. The number of sulfonamides is 1. The van der Waals surface area contributed by atoms with Crippen molar-refractivity contribution < 1.29 is 8.42 Å². The molecule has 0 radical (unpaired) electrons. The van der Waals surface area contributed by atoms with Gasteiger partial charge in [0.2, 0.25) is 10.0 Å². The first kappa shape index (κ1) is 10.5. The van der Waals surface area contributed by atoms with Crippen molar-refractivity contribution in [3.05, 3.63) is 29.0 Å². The minimum atomic E-state index is -3.76. The molecule has 2 rings (SSSR count). The molecule has 0 aromatic carbocycles. The highest BCUT2D eigenvalue weighted by molar-refractivity contribution is 9.10. The van der Waals surface area contributed by atoms with Gasteiger partial charge in [0.25, 0.3) is 0 Å². The molecule has 2 heterocycles. The molecule has 0 saturated heterocycles. The summed E-state index contributed by atoms with van der Waals surface area (Å²) >= 11 is 3.22. The van der Waals surface area contributed by atoms with Crippen molar-refractivity contribution in [1.29, 1.82) is 0 Å². The zero-order chi connectivity index (χ0) is 11.1. The summed E-state index contributed by atoms with van der Waals surface area (Å²) in [6.45, 7) is 0. The van der Waals surface area contributed by atoms with Crippen molar-refractivity contribution in [3.63, 3.8) is 0 Å². The minimum Gasteiger partial charge on any atom is -0.254 e. The highest BCUT2D eigenvalue weighted by Gasteiger charge is 2.13. The molecule has 2 N–H and O–H groups in total. The first-order valence-electron chi connectivity index (χ1n) is 3.91. The highest BCUT2D eigenvalue weighted by Crippen LogP contribution is 2.20. The second-order valence-corrected chi connectivity index (χ2v) is 5.32. The van der Waals surface area contributed by atoms with E-state index in [1.165, 1.54) is 18.5 Å². The van der Waals surface area contributed by atoms with Crippen LogP contribution in [0, 0.1) is 0 Å². The lowest BCUT2D eigenvalue weighted by atomic mass is 10.3. The number of aromatic nitrogens is 2. The molecule has 2 aromatic rings. The minimum absolute atomic E-state index is 0.0139. The van der Waals surface area contributed by atoms with Crippen molar-refractivity contribution in [3.8, 4) is 0 Å². The van der Waals surface area contributed by atoms with Crippen molar-refractivity contribution in [2.45, 2.75) is 4.90 Å². The second kappa shape index (κ2) is 3.51. The van der Waals surface area contributed by atoms with Crippen molar-refractivity contribution in [1.82, 2.24) is 9.97 Å². The fraction of sp³-hybridized carbons (Fsp3) is 0. The van der Waals surface area contributed by atoms with E-state index >= 15 is 0 Å². The van der Waals surface area contributed by atoms with E-state index < -0.39 is 10.0 Å². The Balaban J connectivity index is 2.89.